The molecule has 0 amide bonds. The molecule has 1 saturated carbocycles. The van der Waals surface area contributed by atoms with Crippen molar-refractivity contribution in [3.63, 3.8) is 0 Å². The number of likely N-dealkylation sites (tertiary alicyclic amines) is 1. The lowest BCUT2D eigenvalue weighted by atomic mass is 9.66. The molecule has 1 aliphatic carbocycles. The lowest BCUT2D eigenvalue weighted by Gasteiger charge is -2.52. The zero-order valence-electron chi connectivity index (χ0n) is 14.2. The van der Waals surface area contributed by atoms with Gasteiger partial charge in [0.2, 0.25) is 0 Å². The fraction of sp³-hybridized carbons (Fsp3) is 1.00. The number of nitrogens with zero attached hydrogens (tertiary/aromatic N) is 3. The van der Waals surface area contributed by atoms with E-state index in [1.807, 2.05) is 13.8 Å². The number of hydrogen-bond donors (Lipinski definition) is 0. The van der Waals surface area contributed by atoms with Gasteiger partial charge in [0.05, 0.1) is 0 Å². The number of hydrogen-bond acceptors (Lipinski definition) is 3. The molecule has 3 nitrogen and oxygen atoms in total. The van der Waals surface area contributed by atoms with Crippen LogP contribution in [0.1, 0.15) is 39.5 Å². The van der Waals surface area contributed by atoms with Crippen molar-refractivity contribution in [2.24, 2.45) is 11.3 Å². The Bertz CT molecular complexity index is 268. The molecule has 3 fully saturated rings. The summed E-state index contributed by atoms with van der Waals surface area (Å²) in [5.74, 6) is 0.991. The first-order valence-corrected chi connectivity index (χ1v) is 8.75. The van der Waals surface area contributed by atoms with Crippen LogP contribution in [0, 0.1) is 11.3 Å². The van der Waals surface area contributed by atoms with E-state index in [9.17, 15) is 0 Å². The summed E-state index contributed by atoms with van der Waals surface area (Å²) in [6, 6.07) is 0. The molecule has 1 spiro atoms. The maximum atomic E-state index is 2.70. The van der Waals surface area contributed by atoms with Gasteiger partial charge in [-0.2, -0.15) is 0 Å². The van der Waals surface area contributed by atoms with Gasteiger partial charge >= 0.3 is 0 Å². The smallest absolute Gasteiger partial charge is 0.0110 e. The van der Waals surface area contributed by atoms with E-state index >= 15 is 0 Å². The molecule has 0 aromatic rings. The molecule has 118 valence electrons. The van der Waals surface area contributed by atoms with Gasteiger partial charge in [0.1, 0.15) is 0 Å². The fourth-order valence-corrected chi connectivity index (χ4v) is 4.28. The minimum Gasteiger partial charge on any atom is -0.305 e. The summed E-state index contributed by atoms with van der Waals surface area (Å²) < 4.78 is 0. The van der Waals surface area contributed by atoms with E-state index < -0.39 is 0 Å². The number of piperazine rings is 1. The Morgan fingerprint density at radius 1 is 0.850 bits per heavy atom. The van der Waals surface area contributed by atoms with Crippen molar-refractivity contribution in [1.29, 1.82) is 0 Å². The fourth-order valence-electron chi connectivity index (χ4n) is 4.28. The van der Waals surface area contributed by atoms with Crippen LogP contribution in [-0.4, -0.2) is 74.6 Å². The number of rotatable bonds is 2. The van der Waals surface area contributed by atoms with Crippen LogP contribution in [0.3, 0.4) is 0 Å². The molecule has 0 unspecified atom stereocenters. The van der Waals surface area contributed by atoms with Gasteiger partial charge in [-0.1, -0.05) is 13.8 Å². The molecule has 2 aliphatic heterocycles. The van der Waals surface area contributed by atoms with E-state index in [1.54, 1.807) is 0 Å². The van der Waals surface area contributed by atoms with Crippen molar-refractivity contribution in [1.82, 2.24) is 14.7 Å². The topological polar surface area (TPSA) is 9.72 Å². The third kappa shape index (κ3) is 3.96. The van der Waals surface area contributed by atoms with Crippen LogP contribution in [0.5, 0.6) is 0 Å². The van der Waals surface area contributed by atoms with Gasteiger partial charge < -0.3 is 14.7 Å². The molecular formula is C17H35N3. The normalized spacial score (nSPS) is 28.8. The first kappa shape index (κ1) is 16.3. The summed E-state index contributed by atoms with van der Waals surface area (Å²) in [7, 11) is 4.51. The Morgan fingerprint density at radius 3 is 1.90 bits per heavy atom. The van der Waals surface area contributed by atoms with Gasteiger partial charge in [0.25, 0.3) is 0 Å². The van der Waals surface area contributed by atoms with E-state index in [1.165, 1.54) is 71.5 Å². The van der Waals surface area contributed by atoms with Crippen LogP contribution < -0.4 is 0 Å². The molecule has 20 heavy (non-hydrogen) atoms. The summed E-state index contributed by atoms with van der Waals surface area (Å²) in [4.78, 5) is 7.65. The van der Waals surface area contributed by atoms with E-state index in [-0.39, 0.29) is 0 Å². The lowest BCUT2D eigenvalue weighted by Crippen LogP contribution is -2.56. The van der Waals surface area contributed by atoms with Crippen molar-refractivity contribution in [3.8, 4) is 0 Å². The molecule has 3 heteroatoms. The second-order valence-corrected chi connectivity index (χ2v) is 7.22. The average Bonchev–Trinajstić information content (AvgIpc) is 2.44. The van der Waals surface area contributed by atoms with Gasteiger partial charge in [-0.25, -0.2) is 0 Å². The van der Waals surface area contributed by atoms with Gasteiger partial charge in [-0.05, 0) is 51.1 Å². The summed E-state index contributed by atoms with van der Waals surface area (Å²) >= 11 is 0. The molecule has 0 aromatic carbocycles. The van der Waals surface area contributed by atoms with Crippen molar-refractivity contribution in [2.75, 3.05) is 59.9 Å². The Labute approximate surface area is 126 Å². The van der Waals surface area contributed by atoms with E-state index in [2.05, 4.69) is 28.8 Å². The third-order valence-corrected chi connectivity index (χ3v) is 5.49. The molecule has 0 atom stereocenters. The highest BCUT2D eigenvalue weighted by Crippen LogP contribution is 2.45. The Kier molecular flexibility index (Phi) is 5.88. The highest BCUT2D eigenvalue weighted by molar-refractivity contribution is 4.96. The van der Waals surface area contributed by atoms with Crippen LogP contribution in [0.2, 0.25) is 0 Å². The minimum absolute atomic E-state index is 0.743. The molecule has 3 aliphatic rings. The predicted molar refractivity (Wildman–Crippen MR) is 87.2 cm³/mol. The van der Waals surface area contributed by atoms with Crippen LogP contribution >= 0.6 is 0 Å². The quantitative estimate of drug-likeness (QED) is 0.769. The third-order valence-electron chi connectivity index (χ3n) is 5.49. The second-order valence-electron chi connectivity index (χ2n) is 7.22. The van der Waals surface area contributed by atoms with E-state index in [0.717, 1.165) is 11.3 Å². The number of likely N-dealkylation sites (N-methyl/N-ethyl adjacent to an activating group) is 1. The molecule has 0 aromatic heterocycles. The summed E-state index contributed by atoms with van der Waals surface area (Å²) in [6.45, 7) is 13.2. The molecule has 2 heterocycles. The maximum Gasteiger partial charge on any atom is 0.0110 e. The standard InChI is InChI=1S/C15H29N3.C2H6/c1-16-7-9-18(10-8-16)11-14-3-5-15(6-4-14)12-17(2)13-15;1-2/h14H,3-13H2,1-2H3;1-2H3. The zero-order valence-corrected chi connectivity index (χ0v) is 14.2. The van der Waals surface area contributed by atoms with Crippen molar-refractivity contribution < 1.29 is 0 Å². The van der Waals surface area contributed by atoms with Gasteiger partial charge in [-0.3, -0.25) is 0 Å². The highest BCUT2D eigenvalue weighted by atomic mass is 15.2. The van der Waals surface area contributed by atoms with Crippen LogP contribution in [0.25, 0.3) is 0 Å². The summed E-state index contributed by atoms with van der Waals surface area (Å²) in [5.41, 5.74) is 0.743. The Morgan fingerprint density at radius 2 is 1.40 bits per heavy atom. The summed E-state index contributed by atoms with van der Waals surface area (Å²) in [5, 5.41) is 0. The highest BCUT2D eigenvalue weighted by Gasteiger charge is 2.43. The average molecular weight is 281 g/mol. The monoisotopic (exact) mass is 281 g/mol. The van der Waals surface area contributed by atoms with Crippen LogP contribution in [-0.2, 0) is 0 Å². The first-order chi connectivity index (χ1) is 9.65. The van der Waals surface area contributed by atoms with Gasteiger partial charge in [0.15, 0.2) is 0 Å². The Hall–Kier alpha value is -0.120. The molecular weight excluding hydrogens is 246 g/mol. The van der Waals surface area contributed by atoms with E-state index in [0.29, 0.717) is 0 Å². The second kappa shape index (κ2) is 7.24. The van der Waals surface area contributed by atoms with Crippen LogP contribution in [0.4, 0.5) is 0 Å². The molecule has 0 bridgehead atoms. The van der Waals surface area contributed by atoms with Gasteiger partial charge in [-0.15, -0.1) is 0 Å². The molecule has 3 rings (SSSR count). The van der Waals surface area contributed by atoms with Crippen LogP contribution in [0.15, 0.2) is 0 Å². The van der Waals surface area contributed by atoms with Gasteiger partial charge in [0, 0.05) is 45.8 Å². The molecule has 2 saturated heterocycles. The zero-order chi connectivity index (χ0) is 14.6. The molecule has 0 radical (unpaired) electrons. The largest absolute Gasteiger partial charge is 0.305 e. The van der Waals surface area contributed by atoms with Crippen molar-refractivity contribution in [3.05, 3.63) is 0 Å². The maximum absolute atomic E-state index is 2.70. The first-order valence-electron chi connectivity index (χ1n) is 8.75. The SMILES string of the molecule is CC.CN1CCN(CC2CCC3(CC2)CN(C)C3)CC1. The summed E-state index contributed by atoms with van der Waals surface area (Å²) in [6.07, 6.45) is 5.96. The van der Waals surface area contributed by atoms with E-state index in [4.69, 9.17) is 0 Å². The lowest BCUT2D eigenvalue weighted by molar-refractivity contribution is -0.0260. The van der Waals surface area contributed by atoms with Crippen molar-refractivity contribution in [2.45, 2.75) is 39.5 Å². The predicted octanol–water partition coefficient (Wildman–Crippen LogP) is 2.38. The molecule has 0 N–H and O–H groups in total. The van der Waals surface area contributed by atoms with Crippen molar-refractivity contribution >= 4 is 0 Å². The minimum atomic E-state index is 0.743. The Balaban J connectivity index is 0.000000704.